The molecule has 0 amide bonds. The fourth-order valence-electron chi connectivity index (χ4n) is 4.68. The number of hydrogen-bond donors (Lipinski definition) is 1. The van der Waals surface area contributed by atoms with Gasteiger partial charge in [0.15, 0.2) is 11.5 Å². The van der Waals surface area contributed by atoms with Crippen LogP contribution in [-0.2, 0) is 21.8 Å². The predicted molar refractivity (Wildman–Crippen MR) is 146 cm³/mol. The molecule has 0 saturated carbocycles. The summed E-state index contributed by atoms with van der Waals surface area (Å²) in [6.07, 6.45) is 1.51. The monoisotopic (exact) mass is 579 g/mol. The van der Waals surface area contributed by atoms with Crippen LogP contribution in [0.4, 0.5) is 25.8 Å². The van der Waals surface area contributed by atoms with Crippen LogP contribution < -0.4 is 9.62 Å². The highest BCUT2D eigenvalue weighted by atomic mass is 35.5. The highest BCUT2D eigenvalue weighted by Gasteiger charge is 2.29. The molecule has 10 nitrogen and oxygen atoms in total. The van der Waals surface area contributed by atoms with Crippen molar-refractivity contribution in [3.63, 3.8) is 0 Å². The molecule has 1 atom stereocenters. The molecule has 1 N–H and O–H groups in total. The lowest BCUT2D eigenvalue weighted by molar-refractivity contribution is -0.0363. The van der Waals surface area contributed by atoms with Crippen LogP contribution in [0.3, 0.4) is 0 Å². The first-order chi connectivity index (χ1) is 18.5. The zero-order valence-electron chi connectivity index (χ0n) is 21.8. The van der Waals surface area contributed by atoms with Crippen molar-refractivity contribution < 1.29 is 21.9 Å². The molecule has 1 aliphatic rings. The van der Waals surface area contributed by atoms with Crippen molar-refractivity contribution in [3.05, 3.63) is 47.1 Å². The van der Waals surface area contributed by atoms with Gasteiger partial charge in [-0.05, 0) is 43.9 Å². The Labute approximate surface area is 229 Å². The first-order valence-electron chi connectivity index (χ1n) is 12.3. The summed E-state index contributed by atoms with van der Waals surface area (Å²) in [7, 11) is -0.394. The number of fused-ring (bicyclic) bond motifs is 1. The number of rotatable bonds is 7. The molecule has 1 saturated heterocycles. The average molecular weight is 580 g/mol. The van der Waals surface area contributed by atoms with Crippen LogP contribution in [0.5, 0.6) is 0 Å². The standard InChI is InChI=1S/C25H28ClF2N7O3S/c1-14-16(13-29-33(14)2)15-8-9-17(19(11-15)34(3)39(4,36)37)30-18-12-20(26)31-24-22(18)32-25(23(27)28)35(24)21-7-5-6-10-38-21/h8-9,11-13,21,23H,5-7,10H2,1-4H3,(H,30,31). The van der Waals surface area contributed by atoms with E-state index >= 15 is 0 Å². The van der Waals surface area contributed by atoms with Gasteiger partial charge >= 0.3 is 0 Å². The van der Waals surface area contributed by atoms with Crippen molar-refractivity contribution in [2.75, 3.05) is 29.5 Å². The maximum atomic E-state index is 14.1. The molecule has 1 aliphatic heterocycles. The number of pyridine rings is 1. The summed E-state index contributed by atoms with van der Waals surface area (Å²) in [5.41, 5.74) is 3.87. The minimum atomic E-state index is -3.65. The van der Waals surface area contributed by atoms with Crippen LogP contribution in [0.1, 0.15) is 43.4 Å². The molecule has 0 bridgehead atoms. The molecular weight excluding hydrogens is 552 g/mol. The molecule has 0 radical (unpaired) electrons. The maximum absolute atomic E-state index is 14.1. The second-order valence-electron chi connectivity index (χ2n) is 9.48. The van der Waals surface area contributed by atoms with Crippen LogP contribution >= 0.6 is 11.6 Å². The Hall–Kier alpha value is -3.29. The number of sulfonamides is 1. The molecule has 3 aromatic heterocycles. The van der Waals surface area contributed by atoms with Crippen LogP contribution in [-0.4, -0.2) is 52.6 Å². The van der Waals surface area contributed by atoms with Gasteiger partial charge in [-0.25, -0.2) is 27.2 Å². The molecule has 0 aliphatic carbocycles. The number of aromatic nitrogens is 5. The van der Waals surface area contributed by atoms with Crippen molar-refractivity contribution in [2.24, 2.45) is 7.05 Å². The van der Waals surface area contributed by atoms with Crippen molar-refractivity contribution in [3.8, 4) is 11.1 Å². The molecule has 5 rings (SSSR count). The minimum Gasteiger partial charge on any atom is -0.358 e. The Kier molecular flexibility index (Phi) is 7.25. The summed E-state index contributed by atoms with van der Waals surface area (Å²) in [6.45, 7) is 2.36. The van der Waals surface area contributed by atoms with Crippen molar-refractivity contribution in [1.29, 1.82) is 0 Å². The molecule has 1 unspecified atom stereocenters. The van der Waals surface area contributed by atoms with Gasteiger partial charge in [-0.2, -0.15) is 5.10 Å². The second kappa shape index (κ2) is 10.4. The first-order valence-corrected chi connectivity index (χ1v) is 14.5. The van der Waals surface area contributed by atoms with Gasteiger partial charge in [0.2, 0.25) is 10.0 Å². The Bertz CT molecular complexity index is 1650. The lowest BCUT2D eigenvalue weighted by Crippen LogP contribution is -2.25. The lowest BCUT2D eigenvalue weighted by Gasteiger charge is -2.25. The van der Waals surface area contributed by atoms with Gasteiger partial charge in [0.05, 0.1) is 29.5 Å². The number of halogens is 3. The highest BCUT2D eigenvalue weighted by molar-refractivity contribution is 7.92. The average Bonchev–Trinajstić information content (AvgIpc) is 3.44. The smallest absolute Gasteiger partial charge is 0.295 e. The number of ether oxygens (including phenoxy) is 1. The van der Waals surface area contributed by atoms with Crippen LogP contribution in [0.15, 0.2) is 30.5 Å². The molecule has 4 aromatic rings. The van der Waals surface area contributed by atoms with Crippen LogP contribution in [0, 0.1) is 6.92 Å². The SMILES string of the molecule is Cc1c(-c2ccc(Nc3cc(Cl)nc4c3nc(C(F)F)n4C3CCCCO3)c(N(C)S(C)(=O)=O)c2)cnn1C. The Morgan fingerprint density at radius 2 is 1.97 bits per heavy atom. The Balaban J connectivity index is 1.66. The van der Waals surface area contributed by atoms with Gasteiger partial charge in [0, 0.05) is 38.0 Å². The first kappa shape index (κ1) is 27.3. The third-order valence-electron chi connectivity index (χ3n) is 6.93. The fourth-order valence-corrected chi connectivity index (χ4v) is 5.38. The number of nitrogens with one attached hydrogen (secondary N) is 1. The van der Waals surface area contributed by atoms with Crippen molar-refractivity contribution >= 4 is 49.9 Å². The summed E-state index contributed by atoms with van der Waals surface area (Å²) in [4.78, 5) is 8.55. The number of aryl methyl sites for hydroxylation is 1. The zero-order chi connectivity index (χ0) is 28.1. The second-order valence-corrected chi connectivity index (χ2v) is 11.9. The van der Waals surface area contributed by atoms with Gasteiger partial charge in [0.25, 0.3) is 6.43 Å². The van der Waals surface area contributed by atoms with E-state index in [2.05, 4.69) is 20.4 Å². The van der Waals surface area contributed by atoms with Crippen LogP contribution in [0.25, 0.3) is 22.3 Å². The van der Waals surface area contributed by atoms with E-state index in [-0.39, 0.29) is 16.3 Å². The number of alkyl halides is 2. The van der Waals surface area contributed by atoms with E-state index in [1.54, 1.807) is 23.0 Å². The van der Waals surface area contributed by atoms with Crippen molar-refractivity contribution in [2.45, 2.75) is 38.8 Å². The van der Waals surface area contributed by atoms with Crippen LogP contribution in [0.2, 0.25) is 5.15 Å². The maximum Gasteiger partial charge on any atom is 0.295 e. The fraction of sp³-hybridized carbons (Fsp3) is 0.400. The zero-order valence-corrected chi connectivity index (χ0v) is 23.4. The molecule has 1 fully saturated rings. The molecule has 39 heavy (non-hydrogen) atoms. The Morgan fingerprint density at radius 3 is 2.59 bits per heavy atom. The van der Waals surface area contributed by atoms with E-state index in [0.717, 1.165) is 40.2 Å². The molecule has 208 valence electrons. The number of anilines is 3. The molecule has 0 spiro atoms. The van der Waals surface area contributed by atoms with Gasteiger partial charge in [0.1, 0.15) is 16.9 Å². The lowest BCUT2D eigenvalue weighted by atomic mass is 10.0. The number of imidazole rings is 1. The highest BCUT2D eigenvalue weighted by Crippen LogP contribution is 2.39. The summed E-state index contributed by atoms with van der Waals surface area (Å²) in [6, 6.07) is 6.74. The van der Waals surface area contributed by atoms with Gasteiger partial charge in [-0.1, -0.05) is 17.7 Å². The minimum absolute atomic E-state index is 0.0587. The Morgan fingerprint density at radius 1 is 1.21 bits per heavy atom. The van der Waals surface area contributed by atoms with Gasteiger partial charge < -0.3 is 10.1 Å². The normalized spacial score (nSPS) is 16.3. The number of benzene rings is 1. The van der Waals surface area contributed by atoms with Gasteiger partial charge in [-0.3, -0.25) is 13.6 Å². The third-order valence-corrected chi connectivity index (χ3v) is 8.32. The molecule has 4 heterocycles. The third kappa shape index (κ3) is 5.18. The molecular formula is C25H28ClF2N7O3S. The predicted octanol–water partition coefficient (Wildman–Crippen LogP) is 5.57. The summed E-state index contributed by atoms with van der Waals surface area (Å²) < 4.78 is 63.3. The van der Waals surface area contributed by atoms with E-state index < -0.39 is 28.5 Å². The van der Waals surface area contributed by atoms with E-state index in [1.807, 2.05) is 20.0 Å². The largest absolute Gasteiger partial charge is 0.358 e. The van der Waals surface area contributed by atoms with E-state index in [4.69, 9.17) is 16.3 Å². The topological polar surface area (TPSA) is 107 Å². The summed E-state index contributed by atoms with van der Waals surface area (Å²) >= 11 is 6.35. The summed E-state index contributed by atoms with van der Waals surface area (Å²) in [5.74, 6) is -0.467. The van der Waals surface area contributed by atoms with E-state index in [9.17, 15) is 17.2 Å². The summed E-state index contributed by atoms with van der Waals surface area (Å²) in [5, 5.41) is 7.51. The molecule has 14 heteroatoms. The van der Waals surface area contributed by atoms with Gasteiger partial charge in [-0.15, -0.1) is 0 Å². The molecule has 1 aromatic carbocycles. The van der Waals surface area contributed by atoms with E-state index in [1.165, 1.54) is 17.7 Å². The number of hydrogen-bond acceptors (Lipinski definition) is 7. The quantitative estimate of drug-likeness (QED) is 0.285. The van der Waals surface area contributed by atoms with Crippen molar-refractivity contribution in [1.82, 2.24) is 24.3 Å². The number of nitrogens with zero attached hydrogens (tertiary/aromatic N) is 6. The van der Waals surface area contributed by atoms with E-state index in [0.29, 0.717) is 30.1 Å².